The number of aliphatic carboxylic acids is 1. The Morgan fingerprint density at radius 1 is 1.67 bits per heavy atom. The minimum Gasteiger partial charge on any atom is -0.548 e. The number of hydrogen-bond donors (Lipinski definition) is 0. The van der Waals surface area contributed by atoms with E-state index in [0.717, 1.165) is 7.11 Å². The van der Waals surface area contributed by atoms with Gasteiger partial charge in [-0.15, -0.1) is 11.6 Å². The lowest BCUT2D eigenvalue weighted by Crippen LogP contribution is -2.37. The third kappa shape index (κ3) is 2.32. The molecule has 52 valence electrons. The first kappa shape index (κ1) is 8.23. The van der Waals surface area contributed by atoms with Crippen LogP contribution in [0.2, 0.25) is 0 Å². The molecule has 5 heteroatoms. The van der Waals surface area contributed by atoms with Gasteiger partial charge in [0.1, 0.15) is 0 Å². The third-order valence-corrected chi connectivity index (χ3v) is 0.971. The lowest BCUT2D eigenvalue weighted by Gasteiger charge is -2.05. The first-order chi connectivity index (χ1) is 4.09. The molecule has 0 fully saturated rings. The second-order valence-electron chi connectivity index (χ2n) is 1.20. The van der Waals surface area contributed by atoms with Crippen molar-refractivity contribution >= 4 is 23.5 Å². The summed E-state index contributed by atoms with van der Waals surface area (Å²) in [7, 11) is 1.04. The molecule has 0 saturated carbocycles. The highest BCUT2D eigenvalue weighted by Gasteiger charge is 2.15. The van der Waals surface area contributed by atoms with E-state index in [2.05, 4.69) is 4.74 Å². The average molecular weight is 152 g/mol. The van der Waals surface area contributed by atoms with E-state index in [-0.39, 0.29) is 0 Å². The number of halogens is 1. The third-order valence-electron chi connectivity index (χ3n) is 0.615. The summed E-state index contributed by atoms with van der Waals surface area (Å²) < 4.78 is 3.98. The van der Waals surface area contributed by atoms with Crippen LogP contribution in [0.4, 0.5) is 0 Å². The maximum atomic E-state index is 10.2. The highest BCUT2D eigenvalue weighted by Crippen LogP contribution is 1.94. The zero-order valence-corrected chi connectivity index (χ0v) is 5.34. The highest BCUT2D eigenvalue weighted by atomic mass is 35.5. The van der Waals surface area contributed by atoms with E-state index in [1.165, 1.54) is 0 Å². The maximum Gasteiger partial charge on any atom is 0.329 e. The topological polar surface area (TPSA) is 66.4 Å². The molecule has 0 saturated heterocycles. The first-order valence-electron chi connectivity index (χ1n) is 2.02. The Morgan fingerprint density at radius 3 is 2.22 bits per heavy atom. The van der Waals surface area contributed by atoms with Crippen LogP contribution in [-0.4, -0.2) is 24.4 Å². The number of carboxylic acids is 1. The molecule has 0 rings (SSSR count). The molecule has 9 heavy (non-hydrogen) atoms. The average Bonchev–Trinajstić information content (AvgIpc) is 1.84. The number of carbonyl (C=O) groups is 2. The van der Waals surface area contributed by atoms with E-state index in [4.69, 9.17) is 11.6 Å². The molecule has 0 spiro atoms. The predicted octanol–water partition coefficient (Wildman–Crippen LogP) is -1.48. The Balaban J connectivity index is 3.88. The van der Waals surface area contributed by atoms with Crippen molar-refractivity contribution < 1.29 is 19.4 Å². The molecular weight excluding hydrogens is 147 g/mol. The van der Waals surface area contributed by atoms with Crippen LogP contribution >= 0.6 is 11.6 Å². The summed E-state index contributed by atoms with van der Waals surface area (Å²) in [5.74, 6) is -2.67. The van der Waals surface area contributed by atoms with Gasteiger partial charge < -0.3 is 14.6 Å². The van der Waals surface area contributed by atoms with Crippen LogP contribution in [0.25, 0.3) is 0 Å². The number of methoxy groups -OCH3 is 1. The second kappa shape index (κ2) is 3.29. The Labute approximate surface area is 56.4 Å². The van der Waals surface area contributed by atoms with Gasteiger partial charge in [0.2, 0.25) is 0 Å². The van der Waals surface area contributed by atoms with Crippen molar-refractivity contribution in [3.8, 4) is 0 Å². The minimum absolute atomic E-state index is 1.02. The summed E-state index contributed by atoms with van der Waals surface area (Å²) in [4.78, 5) is 19.9. The fourth-order valence-corrected chi connectivity index (χ4v) is 0.289. The van der Waals surface area contributed by atoms with Gasteiger partial charge in [-0.1, -0.05) is 0 Å². The number of carbonyl (C=O) groups excluding carboxylic acids is 2. The number of carboxylic acid groups (broad SMARTS) is 1. The molecule has 0 aliphatic carbocycles. The zero-order chi connectivity index (χ0) is 7.44. The van der Waals surface area contributed by atoms with Crippen molar-refractivity contribution in [3.05, 3.63) is 0 Å². The summed E-state index contributed by atoms with van der Waals surface area (Å²) in [5.41, 5.74) is 0. The van der Waals surface area contributed by atoms with E-state index < -0.39 is 17.3 Å². The van der Waals surface area contributed by atoms with Crippen molar-refractivity contribution in [2.75, 3.05) is 7.11 Å². The molecule has 4 nitrogen and oxygen atoms in total. The predicted molar refractivity (Wildman–Crippen MR) is 26.7 cm³/mol. The lowest BCUT2D eigenvalue weighted by atomic mass is 10.4. The van der Waals surface area contributed by atoms with Gasteiger partial charge in [-0.2, -0.15) is 0 Å². The summed E-state index contributed by atoms with van der Waals surface area (Å²) in [6, 6.07) is 0. The van der Waals surface area contributed by atoms with E-state index >= 15 is 0 Å². The molecule has 0 aromatic heterocycles. The van der Waals surface area contributed by atoms with Crippen molar-refractivity contribution in [1.82, 2.24) is 0 Å². The van der Waals surface area contributed by atoms with Crippen LogP contribution < -0.4 is 5.11 Å². The Morgan fingerprint density at radius 2 is 2.11 bits per heavy atom. The molecular formula is C4H4ClO4-. The standard InChI is InChI=1S/C4H5ClO4/c1-9-4(8)2(5)3(6)7/h2H,1H3,(H,6,7)/p-1. The van der Waals surface area contributed by atoms with Gasteiger partial charge >= 0.3 is 5.97 Å². The van der Waals surface area contributed by atoms with E-state index in [1.807, 2.05) is 0 Å². The number of rotatable bonds is 2. The Hall–Kier alpha value is -0.770. The van der Waals surface area contributed by atoms with Gasteiger partial charge in [0.05, 0.1) is 13.1 Å². The summed E-state index contributed by atoms with van der Waals surface area (Å²) in [6.45, 7) is 0. The van der Waals surface area contributed by atoms with Crippen molar-refractivity contribution in [1.29, 1.82) is 0 Å². The van der Waals surface area contributed by atoms with Gasteiger partial charge in [0.15, 0.2) is 5.38 Å². The van der Waals surface area contributed by atoms with Gasteiger partial charge in [-0.3, -0.25) is 4.79 Å². The molecule has 1 atom stereocenters. The van der Waals surface area contributed by atoms with Crippen LogP contribution in [0.5, 0.6) is 0 Å². The van der Waals surface area contributed by atoms with Gasteiger partial charge in [0.25, 0.3) is 0 Å². The van der Waals surface area contributed by atoms with Crippen LogP contribution in [0.3, 0.4) is 0 Å². The fraction of sp³-hybridized carbons (Fsp3) is 0.500. The molecule has 0 aliphatic rings. The van der Waals surface area contributed by atoms with Crippen LogP contribution in [0.1, 0.15) is 0 Å². The summed E-state index contributed by atoms with van der Waals surface area (Å²) in [5, 5.41) is 8.06. The number of esters is 1. The maximum absolute atomic E-state index is 10.2. The number of ether oxygens (including phenoxy) is 1. The normalized spacial score (nSPS) is 12.2. The lowest BCUT2D eigenvalue weighted by molar-refractivity contribution is -0.304. The smallest absolute Gasteiger partial charge is 0.329 e. The van der Waals surface area contributed by atoms with Crippen molar-refractivity contribution in [2.45, 2.75) is 5.38 Å². The van der Waals surface area contributed by atoms with E-state index in [0.29, 0.717) is 0 Å². The molecule has 0 radical (unpaired) electrons. The highest BCUT2D eigenvalue weighted by molar-refractivity contribution is 6.39. The van der Waals surface area contributed by atoms with Gasteiger partial charge in [0, 0.05) is 0 Å². The van der Waals surface area contributed by atoms with Crippen LogP contribution in [-0.2, 0) is 14.3 Å². The zero-order valence-electron chi connectivity index (χ0n) is 4.59. The van der Waals surface area contributed by atoms with Gasteiger partial charge in [-0.05, 0) is 0 Å². The van der Waals surface area contributed by atoms with E-state index in [1.54, 1.807) is 0 Å². The molecule has 0 aromatic carbocycles. The van der Waals surface area contributed by atoms with E-state index in [9.17, 15) is 14.7 Å². The number of hydrogen-bond acceptors (Lipinski definition) is 4. The Kier molecular flexibility index (Phi) is 3.01. The molecule has 1 unspecified atom stereocenters. The fourth-order valence-electron chi connectivity index (χ4n) is 0.200. The first-order valence-corrected chi connectivity index (χ1v) is 2.46. The monoisotopic (exact) mass is 151 g/mol. The second-order valence-corrected chi connectivity index (χ2v) is 1.64. The van der Waals surface area contributed by atoms with Crippen LogP contribution in [0, 0.1) is 0 Å². The summed E-state index contributed by atoms with van der Waals surface area (Å²) >= 11 is 4.93. The molecule has 0 heterocycles. The number of alkyl halides is 1. The SMILES string of the molecule is COC(=O)C(Cl)C(=O)[O-]. The quantitative estimate of drug-likeness (QED) is 0.274. The molecule has 0 aromatic rings. The molecule has 0 bridgehead atoms. The Bertz CT molecular complexity index is 133. The van der Waals surface area contributed by atoms with Crippen LogP contribution in [0.15, 0.2) is 0 Å². The van der Waals surface area contributed by atoms with Crippen molar-refractivity contribution in [2.24, 2.45) is 0 Å². The van der Waals surface area contributed by atoms with Gasteiger partial charge in [-0.25, -0.2) is 0 Å². The summed E-state index contributed by atoms with van der Waals surface area (Å²) in [6.07, 6.45) is 0. The molecule has 0 aliphatic heterocycles. The molecule has 0 amide bonds. The minimum atomic E-state index is -1.70. The molecule has 0 N–H and O–H groups in total. The van der Waals surface area contributed by atoms with Crippen molar-refractivity contribution in [3.63, 3.8) is 0 Å². The largest absolute Gasteiger partial charge is 0.548 e.